The molecule has 0 atom stereocenters. The minimum absolute atomic E-state index is 0.154. The van der Waals surface area contributed by atoms with Crippen molar-refractivity contribution in [3.8, 4) is 22.5 Å². The van der Waals surface area contributed by atoms with Crippen LogP contribution in [0.4, 0.5) is 5.69 Å². The van der Waals surface area contributed by atoms with E-state index in [1.54, 1.807) is 6.92 Å². The Morgan fingerprint density at radius 3 is 2.50 bits per heavy atom. The molecule has 1 aliphatic rings. The number of hydrogen-bond acceptors (Lipinski definition) is 5. The smallest absolute Gasteiger partial charge is 0.182 e. The molecule has 0 amide bonds. The van der Waals surface area contributed by atoms with E-state index >= 15 is 0 Å². The zero-order chi connectivity index (χ0) is 22.1. The van der Waals surface area contributed by atoms with Crippen molar-refractivity contribution in [3.05, 3.63) is 66.2 Å². The number of aromatic amines is 1. The number of rotatable bonds is 5. The quantitative estimate of drug-likeness (QED) is 0.520. The number of piperazine rings is 1. The number of aromatic nitrogens is 3. The zero-order valence-corrected chi connectivity index (χ0v) is 18.5. The number of nitrogens with one attached hydrogen (secondary N) is 1. The van der Waals surface area contributed by atoms with Gasteiger partial charge in [0, 0.05) is 54.8 Å². The number of hydrogen-bond donors (Lipinski definition) is 1. The van der Waals surface area contributed by atoms with Gasteiger partial charge in [-0.2, -0.15) is 5.10 Å². The van der Waals surface area contributed by atoms with E-state index in [2.05, 4.69) is 57.4 Å². The third kappa shape index (κ3) is 4.14. The predicted molar refractivity (Wildman–Crippen MR) is 129 cm³/mol. The van der Waals surface area contributed by atoms with E-state index in [0.717, 1.165) is 59.6 Å². The van der Waals surface area contributed by atoms with E-state index in [1.807, 2.05) is 30.3 Å². The van der Waals surface area contributed by atoms with E-state index in [-0.39, 0.29) is 5.78 Å². The zero-order valence-electron chi connectivity index (χ0n) is 18.5. The lowest BCUT2D eigenvalue weighted by Gasteiger charge is -2.34. The molecule has 6 nitrogen and oxygen atoms in total. The molecular weight excluding hydrogens is 398 g/mol. The Labute approximate surface area is 187 Å². The molecule has 0 unspecified atom stereocenters. The van der Waals surface area contributed by atoms with Crippen LogP contribution >= 0.6 is 0 Å². The topological polar surface area (TPSA) is 65.1 Å². The molecule has 0 aliphatic carbocycles. The number of likely N-dealkylation sites (N-methyl/N-ethyl adjacent to an activating group) is 1. The van der Waals surface area contributed by atoms with Gasteiger partial charge in [0.15, 0.2) is 5.65 Å². The van der Waals surface area contributed by atoms with Crippen molar-refractivity contribution in [2.24, 2.45) is 0 Å². The van der Waals surface area contributed by atoms with Crippen molar-refractivity contribution < 1.29 is 4.79 Å². The molecule has 0 bridgehead atoms. The molecule has 2 aromatic heterocycles. The predicted octanol–water partition coefficient (Wildman–Crippen LogP) is 4.18. The first-order valence-corrected chi connectivity index (χ1v) is 11.0. The van der Waals surface area contributed by atoms with E-state index in [1.165, 1.54) is 5.69 Å². The molecule has 4 aromatic rings. The van der Waals surface area contributed by atoms with Gasteiger partial charge >= 0.3 is 0 Å². The maximum Gasteiger partial charge on any atom is 0.182 e. The second kappa shape index (κ2) is 8.55. The van der Waals surface area contributed by atoms with E-state index in [9.17, 15) is 4.79 Å². The summed E-state index contributed by atoms with van der Waals surface area (Å²) in [4.78, 5) is 21.0. The average molecular weight is 426 g/mol. The molecule has 1 saturated heterocycles. The van der Waals surface area contributed by atoms with Crippen LogP contribution in [0.5, 0.6) is 0 Å². The van der Waals surface area contributed by atoms with Gasteiger partial charge in [-0.15, -0.1) is 0 Å². The standard InChI is InChI=1S/C26H27N5O/c1-18(32)16-19-4-3-5-21(17-19)24-11-10-23-25(28-29-26(23)27-24)20-6-8-22(9-7-20)31-14-12-30(2)13-15-31/h3-11,17H,12-16H2,1-2H3,(H,27,28,29). The number of Topliss-reactive ketones (excluding diaryl/α,β-unsaturated/α-hetero) is 1. The van der Waals surface area contributed by atoms with Crippen molar-refractivity contribution in [1.29, 1.82) is 0 Å². The molecule has 162 valence electrons. The third-order valence-electron chi connectivity index (χ3n) is 6.12. The van der Waals surface area contributed by atoms with E-state index < -0.39 is 0 Å². The number of nitrogens with zero attached hydrogens (tertiary/aromatic N) is 4. The van der Waals surface area contributed by atoms with Crippen molar-refractivity contribution >= 4 is 22.5 Å². The number of H-pyrrole nitrogens is 1. The Morgan fingerprint density at radius 1 is 0.969 bits per heavy atom. The summed E-state index contributed by atoms with van der Waals surface area (Å²) < 4.78 is 0. The Morgan fingerprint density at radius 2 is 1.75 bits per heavy atom. The fourth-order valence-corrected chi connectivity index (χ4v) is 4.31. The summed E-state index contributed by atoms with van der Waals surface area (Å²) in [6, 6.07) is 20.8. The first kappa shape index (κ1) is 20.4. The average Bonchev–Trinajstić information content (AvgIpc) is 3.23. The summed E-state index contributed by atoms with van der Waals surface area (Å²) in [6.07, 6.45) is 0.437. The summed E-state index contributed by atoms with van der Waals surface area (Å²) in [6.45, 7) is 5.92. The van der Waals surface area contributed by atoms with Crippen molar-refractivity contribution in [1.82, 2.24) is 20.1 Å². The van der Waals surface area contributed by atoms with Crippen molar-refractivity contribution in [2.75, 3.05) is 38.1 Å². The maximum absolute atomic E-state index is 11.5. The first-order chi connectivity index (χ1) is 15.6. The van der Waals surface area contributed by atoms with Gasteiger partial charge in [0.2, 0.25) is 0 Å². The lowest BCUT2D eigenvalue weighted by atomic mass is 10.0. The third-order valence-corrected chi connectivity index (χ3v) is 6.12. The minimum atomic E-state index is 0.154. The highest BCUT2D eigenvalue weighted by molar-refractivity contribution is 5.92. The van der Waals surface area contributed by atoms with E-state index in [4.69, 9.17) is 4.98 Å². The van der Waals surface area contributed by atoms with E-state index in [0.29, 0.717) is 12.1 Å². The first-order valence-electron chi connectivity index (χ1n) is 11.0. The van der Waals surface area contributed by atoms with Gasteiger partial charge in [-0.1, -0.05) is 30.3 Å². The Bertz CT molecular complexity index is 1250. The molecule has 5 rings (SSSR count). The van der Waals surface area contributed by atoms with Crippen LogP contribution in [0.25, 0.3) is 33.5 Å². The van der Waals surface area contributed by atoms with Gasteiger partial charge in [-0.05, 0) is 49.9 Å². The van der Waals surface area contributed by atoms with Gasteiger partial charge in [0.05, 0.1) is 11.4 Å². The SMILES string of the molecule is CC(=O)Cc1cccc(-c2ccc3c(-c4ccc(N5CCN(C)CC5)cc4)[nH]nc3n2)c1. The van der Waals surface area contributed by atoms with Crippen LogP contribution in [0.15, 0.2) is 60.7 Å². The number of fused-ring (bicyclic) bond motifs is 1. The summed E-state index contributed by atoms with van der Waals surface area (Å²) in [7, 11) is 2.17. The highest BCUT2D eigenvalue weighted by Crippen LogP contribution is 2.29. The number of benzene rings is 2. The molecule has 2 aromatic carbocycles. The van der Waals surface area contributed by atoms with Crippen LogP contribution in [0.2, 0.25) is 0 Å². The van der Waals surface area contributed by atoms with Gasteiger partial charge in [0.25, 0.3) is 0 Å². The second-order valence-electron chi connectivity index (χ2n) is 8.58. The van der Waals surface area contributed by atoms with Crippen molar-refractivity contribution in [3.63, 3.8) is 0 Å². The van der Waals surface area contributed by atoms with Crippen LogP contribution in [0.1, 0.15) is 12.5 Å². The lowest BCUT2D eigenvalue weighted by Crippen LogP contribution is -2.44. The van der Waals surface area contributed by atoms with Gasteiger partial charge in [0.1, 0.15) is 5.78 Å². The van der Waals surface area contributed by atoms with Gasteiger partial charge < -0.3 is 9.80 Å². The molecule has 1 fully saturated rings. The second-order valence-corrected chi connectivity index (χ2v) is 8.58. The van der Waals surface area contributed by atoms with Gasteiger partial charge in [-0.25, -0.2) is 4.98 Å². The van der Waals surface area contributed by atoms with Gasteiger partial charge in [-0.3, -0.25) is 9.89 Å². The number of pyridine rings is 1. The molecule has 0 spiro atoms. The fraction of sp³-hybridized carbons (Fsp3) is 0.269. The summed E-state index contributed by atoms with van der Waals surface area (Å²) in [5.41, 5.74) is 6.88. The molecule has 6 heteroatoms. The molecule has 1 N–H and O–H groups in total. The maximum atomic E-state index is 11.5. The highest BCUT2D eigenvalue weighted by Gasteiger charge is 2.15. The number of carbonyl (C=O) groups excluding carboxylic acids is 1. The molecule has 0 saturated carbocycles. The van der Waals surface area contributed by atoms with Crippen LogP contribution in [-0.4, -0.2) is 59.1 Å². The minimum Gasteiger partial charge on any atom is -0.369 e. The molecule has 3 heterocycles. The fourth-order valence-electron chi connectivity index (χ4n) is 4.31. The summed E-state index contributed by atoms with van der Waals surface area (Å²) >= 11 is 0. The van der Waals surface area contributed by atoms with Crippen LogP contribution in [0, 0.1) is 0 Å². The van der Waals surface area contributed by atoms with Crippen LogP contribution < -0.4 is 4.90 Å². The lowest BCUT2D eigenvalue weighted by molar-refractivity contribution is -0.116. The Kier molecular flexibility index (Phi) is 5.45. The Hall–Kier alpha value is -3.51. The largest absolute Gasteiger partial charge is 0.369 e. The summed E-state index contributed by atoms with van der Waals surface area (Å²) in [5.74, 6) is 0.154. The highest BCUT2D eigenvalue weighted by atomic mass is 16.1. The monoisotopic (exact) mass is 425 g/mol. The Balaban J connectivity index is 1.40. The summed E-state index contributed by atoms with van der Waals surface area (Å²) in [5, 5.41) is 8.64. The molecule has 0 radical (unpaired) electrons. The number of carbonyl (C=O) groups is 1. The van der Waals surface area contributed by atoms with Crippen LogP contribution in [0.3, 0.4) is 0 Å². The number of anilines is 1. The molecule has 1 aliphatic heterocycles. The number of ketones is 1. The molecular formula is C26H27N5O. The molecule has 32 heavy (non-hydrogen) atoms. The normalized spacial score (nSPS) is 14.8. The van der Waals surface area contributed by atoms with Crippen molar-refractivity contribution in [2.45, 2.75) is 13.3 Å². The van der Waals surface area contributed by atoms with Crippen LogP contribution in [-0.2, 0) is 11.2 Å².